The van der Waals surface area contributed by atoms with Gasteiger partial charge in [0.25, 0.3) is 0 Å². The predicted octanol–water partition coefficient (Wildman–Crippen LogP) is 4.05. The molecule has 0 amide bonds. The van der Waals surface area contributed by atoms with Crippen molar-refractivity contribution in [2.75, 3.05) is 13.1 Å². The molecule has 1 aromatic heterocycles. The van der Waals surface area contributed by atoms with Crippen LogP contribution < -0.4 is 11.1 Å². The molecule has 118 valence electrons. The molecule has 0 aliphatic heterocycles. The third-order valence-corrected chi connectivity index (χ3v) is 5.09. The monoisotopic (exact) mass is 419 g/mol. The van der Waals surface area contributed by atoms with Gasteiger partial charge in [-0.15, -0.1) is 35.3 Å². The number of hydrogen-bond donors (Lipinski definition) is 2. The van der Waals surface area contributed by atoms with Crippen molar-refractivity contribution < 1.29 is 0 Å². The van der Waals surface area contributed by atoms with Gasteiger partial charge in [0.15, 0.2) is 5.96 Å². The normalized spacial score (nSPS) is 17.9. The van der Waals surface area contributed by atoms with Crippen LogP contribution in [0.2, 0.25) is 0 Å². The van der Waals surface area contributed by atoms with Gasteiger partial charge in [-0.3, -0.25) is 4.99 Å². The summed E-state index contributed by atoms with van der Waals surface area (Å²) >= 11 is 1.85. The van der Waals surface area contributed by atoms with Crippen molar-refractivity contribution >= 4 is 41.3 Å². The van der Waals surface area contributed by atoms with Gasteiger partial charge in [0.1, 0.15) is 0 Å². The van der Waals surface area contributed by atoms with Gasteiger partial charge >= 0.3 is 0 Å². The van der Waals surface area contributed by atoms with Crippen LogP contribution >= 0.6 is 35.3 Å². The highest BCUT2D eigenvalue weighted by molar-refractivity contribution is 14.0. The van der Waals surface area contributed by atoms with Gasteiger partial charge in [-0.05, 0) is 31.2 Å². The Morgan fingerprint density at radius 3 is 2.71 bits per heavy atom. The van der Waals surface area contributed by atoms with E-state index in [1.54, 1.807) is 0 Å². The van der Waals surface area contributed by atoms with E-state index in [1.165, 1.54) is 37.0 Å². The van der Waals surface area contributed by atoms with Gasteiger partial charge < -0.3 is 11.1 Å². The minimum absolute atomic E-state index is 0. The van der Waals surface area contributed by atoms with Crippen LogP contribution in [-0.4, -0.2) is 19.0 Å². The molecule has 21 heavy (non-hydrogen) atoms. The summed E-state index contributed by atoms with van der Waals surface area (Å²) in [5.74, 6) is 0.537. The number of hydrogen-bond acceptors (Lipinski definition) is 2. The zero-order chi connectivity index (χ0) is 14.4. The molecule has 2 rings (SSSR count). The maximum atomic E-state index is 5.95. The smallest absolute Gasteiger partial charge is 0.188 e. The lowest BCUT2D eigenvalue weighted by Gasteiger charge is -2.35. The molecule has 3 N–H and O–H groups in total. The molecule has 0 unspecified atom stereocenters. The fraction of sp³-hybridized carbons (Fsp3) is 0.562. The van der Waals surface area contributed by atoms with E-state index in [0.29, 0.717) is 12.5 Å². The highest BCUT2D eigenvalue weighted by atomic mass is 127. The van der Waals surface area contributed by atoms with Crippen LogP contribution in [0.5, 0.6) is 0 Å². The van der Waals surface area contributed by atoms with Crippen LogP contribution in [-0.2, 0) is 5.41 Å². The standard InChI is InChI=1S/C16H25N3S.HI/c1-13(2)11-18-15(17)19-12-16(8-4-3-5-9-16)14-7-6-10-20-14;/h6-7,10H,1,3-5,8-9,11-12H2,2H3,(H3,17,18,19);1H. The summed E-state index contributed by atoms with van der Waals surface area (Å²) in [6.45, 7) is 7.33. The van der Waals surface area contributed by atoms with E-state index in [2.05, 4.69) is 34.4 Å². The lowest BCUT2D eigenvalue weighted by atomic mass is 9.73. The second-order valence-electron chi connectivity index (χ2n) is 5.83. The van der Waals surface area contributed by atoms with E-state index in [9.17, 15) is 0 Å². The third kappa shape index (κ3) is 5.29. The molecule has 0 radical (unpaired) electrons. The van der Waals surface area contributed by atoms with Crippen LogP contribution in [0.15, 0.2) is 34.7 Å². The van der Waals surface area contributed by atoms with Gasteiger partial charge in [-0.2, -0.15) is 0 Å². The van der Waals surface area contributed by atoms with Crippen LogP contribution in [0.4, 0.5) is 0 Å². The Kier molecular flexibility index (Phi) is 7.73. The van der Waals surface area contributed by atoms with E-state index in [-0.39, 0.29) is 29.4 Å². The molecule has 1 heterocycles. The van der Waals surface area contributed by atoms with Gasteiger partial charge in [0, 0.05) is 16.8 Å². The first kappa shape index (κ1) is 18.5. The molecule has 0 atom stereocenters. The summed E-state index contributed by atoms with van der Waals surface area (Å²) in [5.41, 5.74) is 7.23. The lowest BCUT2D eigenvalue weighted by molar-refractivity contribution is 0.306. The highest BCUT2D eigenvalue weighted by Gasteiger charge is 2.34. The molecule has 3 nitrogen and oxygen atoms in total. The molecule has 1 aliphatic carbocycles. The topological polar surface area (TPSA) is 50.4 Å². The van der Waals surface area contributed by atoms with E-state index in [1.807, 2.05) is 18.3 Å². The zero-order valence-electron chi connectivity index (χ0n) is 12.7. The molecular formula is C16H26IN3S. The molecule has 0 bridgehead atoms. The molecule has 1 saturated carbocycles. The number of rotatable bonds is 5. The van der Waals surface area contributed by atoms with Crippen LogP contribution in [0.1, 0.15) is 43.9 Å². The van der Waals surface area contributed by atoms with Crippen molar-refractivity contribution in [1.82, 2.24) is 5.32 Å². The second-order valence-corrected chi connectivity index (χ2v) is 6.78. The summed E-state index contributed by atoms with van der Waals surface area (Å²) in [6, 6.07) is 4.39. The van der Waals surface area contributed by atoms with Crippen molar-refractivity contribution in [3.8, 4) is 0 Å². The first-order valence-corrected chi connectivity index (χ1v) is 8.22. The Hall–Kier alpha value is -0.560. The third-order valence-electron chi connectivity index (χ3n) is 3.98. The Morgan fingerprint density at radius 1 is 1.43 bits per heavy atom. The Balaban J connectivity index is 0.00000220. The molecule has 1 fully saturated rings. The SMILES string of the molecule is C=C(C)CNC(N)=NCC1(c2cccs2)CCCCC1.I. The molecular weight excluding hydrogens is 393 g/mol. The van der Waals surface area contributed by atoms with Crippen molar-refractivity contribution in [1.29, 1.82) is 0 Å². The fourth-order valence-corrected chi connectivity index (χ4v) is 3.80. The largest absolute Gasteiger partial charge is 0.370 e. The van der Waals surface area contributed by atoms with Crippen molar-refractivity contribution in [2.24, 2.45) is 10.7 Å². The molecule has 0 saturated heterocycles. The average molecular weight is 419 g/mol. The highest BCUT2D eigenvalue weighted by Crippen LogP contribution is 2.41. The first-order valence-electron chi connectivity index (χ1n) is 7.34. The van der Waals surface area contributed by atoms with Gasteiger partial charge in [0.2, 0.25) is 0 Å². The number of thiophene rings is 1. The molecule has 1 aromatic rings. The van der Waals surface area contributed by atoms with Gasteiger partial charge in [0.05, 0.1) is 6.54 Å². The van der Waals surface area contributed by atoms with E-state index < -0.39 is 0 Å². The average Bonchev–Trinajstić information content (AvgIpc) is 2.98. The number of nitrogens with zero attached hydrogens (tertiary/aromatic N) is 1. The minimum Gasteiger partial charge on any atom is -0.370 e. The quantitative estimate of drug-likeness (QED) is 0.328. The molecule has 0 aromatic carbocycles. The minimum atomic E-state index is 0. The molecule has 0 spiro atoms. The van der Waals surface area contributed by atoms with Gasteiger partial charge in [-0.25, -0.2) is 0 Å². The summed E-state index contributed by atoms with van der Waals surface area (Å²) in [4.78, 5) is 6.06. The second kappa shape index (κ2) is 8.78. The molecule has 1 aliphatic rings. The maximum absolute atomic E-state index is 5.95. The van der Waals surface area contributed by atoms with Crippen molar-refractivity contribution in [2.45, 2.75) is 44.4 Å². The fourth-order valence-electron chi connectivity index (χ4n) is 2.83. The van der Waals surface area contributed by atoms with Crippen molar-refractivity contribution in [3.63, 3.8) is 0 Å². The number of guanidine groups is 1. The maximum Gasteiger partial charge on any atom is 0.188 e. The van der Waals surface area contributed by atoms with Crippen LogP contribution in [0.3, 0.4) is 0 Å². The van der Waals surface area contributed by atoms with Gasteiger partial charge in [-0.1, -0.05) is 37.5 Å². The van der Waals surface area contributed by atoms with Crippen LogP contribution in [0.25, 0.3) is 0 Å². The van der Waals surface area contributed by atoms with E-state index >= 15 is 0 Å². The summed E-state index contributed by atoms with van der Waals surface area (Å²) in [5, 5.41) is 5.28. The number of aliphatic imine (C=N–C) groups is 1. The summed E-state index contributed by atoms with van der Waals surface area (Å²) in [7, 11) is 0. The first-order chi connectivity index (χ1) is 9.62. The number of halogens is 1. The molecule has 5 heteroatoms. The summed E-state index contributed by atoms with van der Waals surface area (Å²) in [6.07, 6.45) is 6.40. The van der Waals surface area contributed by atoms with Crippen molar-refractivity contribution in [3.05, 3.63) is 34.5 Å². The Bertz CT molecular complexity index is 462. The predicted molar refractivity (Wildman–Crippen MR) is 104 cm³/mol. The number of nitrogens with one attached hydrogen (secondary N) is 1. The number of nitrogens with two attached hydrogens (primary N) is 1. The summed E-state index contributed by atoms with van der Waals surface area (Å²) < 4.78 is 0. The Labute approximate surface area is 149 Å². The van der Waals surface area contributed by atoms with E-state index in [4.69, 9.17) is 5.73 Å². The van der Waals surface area contributed by atoms with E-state index in [0.717, 1.165) is 12.1 Å². The lowest BCUT2D eigenvalue weighted by Crippen LogP contribution is -2.37. The Morgan fingerprint density at radius 2 is 2.14 bits per heavy atom. The zero-order valence-corrected chi connectivity index (χ0v) is 15.9. The van der Waals surface area contributed by atoms with Crippen LogP contribution in [0, 0.1) is 0 Å².